The zero-order chi connectivity index (χ0) is 18.5. The largest absolute Gasteiger partial charge is 0.497 e. The molecule has 134 valence electrons. The van der Waals surface area contributed by atoms with Crippen LogP contribution in [0.5, 0.6) is 11.5 Å². The Kier molecular flexibility index (Phi) is 5.17. The molecule has 0 aliphatic rings. The van der Waals surface area contributed by atoms with Crippen molar-refractivity contribution in [1.82, 2.24) is 15.0 Å². The molecule has 1 aromatic heterocycles. The van der Waals surface area contributed by atoms with Gasteiger partial charge in [-0.25, -0.2) is 4.68 Å². The Morgan fingerprint density at radius 3 is 2.35 bits per heavy atom. The van der Waals surface area contributed by atoms with Crippen LogP contribution in [-0.2, 0) is 0 Å². The van der Waals surface area contributed by atoms with E-state index in [4.69, 9.17) is 9.47 Å². The average molecular weight is 352 g/mol. The van der Waals surface area contributed by atoms with Crippen molar-refractivity contribution >= 4 is 11.6 Å². The van der Waals surface area contributed by atoms with Gasteiger partial charge in [-0.2, -0.15) is 0 Å². The molecule has 0 aliphatic carbocycles. The van der Waals surface area contributed by atoms with E-state index in [1.807, 2.05) is 31.2 Å². The number of amides is 1. The predicted molar refractivity (Wildman–Crippen MR) is 98.2 cm³/mol. The van der Waals surface area contributed by atoms with Gasteiger partial charge in [-0.1, -0.05) is 5.21 Å². The molecular formula is C19H20N4O3. The Morgan fingerprint density at radius 1 is 1.08 bits per heavy atom. The van der Waals surface area contributed by atoms with Gasteiger partial charge in [0.1, 0.15) is 11.5 Å². The fraction of sp³-hybridized carbons (Fsp3) is 0.211. The van der Waals surface area contributed by atoms with Gasteiger partial charge in [0.15, 0.2) is 5.69 Å². The lowest BCUT2D eigenvalue weighted by Gasteiger charge is -2.07. The van der Waals surface area contributed by atoms with Gasteiger partial charge in [0.05, 0.1) is 25.1 Å². The van der Waals surface area contributed by atoms with E-state index in [9.17, 15) is 4.79 Å². The van der Waals surface area contributed by atoms with Crippen LogP contribution in [0.3, 0.4) is 0 Å². The van der Waals surface area contributed by atoms with Crippen molar-refractivity contribution in [3.8, 4) is 17.2 Å². The second-order valence-corrected chi connectivity index (χ2v) is 5.54. The smallest absolute Gasteiger partial charge is 0.278 e. The summed E-state index contributed by atoms with van der Waals surface area (Å²) < 4.78 is 12.2. The summed E-state index contributed by atoms with van der Waals surface area (Å²) in [4.78, 5) is 12.5. The van der Waals surface area contributed by atoms with Crippen LogP contribution in [0.4, 0.5) is 5.69 Å². The third-order valence-corrected chi connectivity index (χ3v) is 3.85. The number of ether oxygens (including phenoxy) is 2. The number of benzene rings is 2. The van der Waals surface area contributed by atoms with Crippen molar-refractivity contribution in [3.05, 3.63) is 59.9 Å². The molecule has 3 aromatic rings. The van der Waals surface area contributed by atoms with Gasteiger partial charge in [-0.05, 0) is 62.4 Å². The molecule has 0 radical (unpaired) electrons. The topological polar surface area (TPSA) is 78.3 Å². The first-order valence-corrected chi connectivity index (χ1v) is 8.23. The summed E-state index contributed by atoms with van der Waals surface area (Å²) in [6, 6.07) is 14.5. The molecule has 3 rings (SSSR count). The van der Waals surface area contributed by atoms with E-state index >= 15 is 0 Å². The fourth-order valence-corrected chi connectivity index (χ4v) is 2.50. The summed E-state index contributed by atoms with van der Waals surface area (Å²) in [6.45, 7) is 4.32. The lowest BCUT2D eigenvalue weighted by molar-refractivity contribution is 0.102. The first kappa shape index (κ1) is 17.5. The van der Waals surface area contributed by atoms with Crippen molar-refractivity contribution in [1.29, 1.82) is 0 Å². The maximum atomic E-state index is 12.5. The molecule has 1 heterocycles. The molecule has 26 heavy (non-hydrogen) atoms. The van der Waals surface area contributed by atoms with E-state index in [1.54, 1.807) is 43.0 Å². The summed E-state index contributed by atoms with van der Waals surface area (Å²) in [5.74, 6) is 1.19. The normalized spacial score (nSPS) is 10.4. The summed E-state index contributed by atoms with van der Waals surface area (Å²) in [5, 5.41) is 10.9. The van der Waals surface area contributed by atoms with Gasteiger partial charge in [0.2, 0.25) is 0 Å². The molecule has 0 fully saturated rings. The number of hydrogen-bond donors (Lipinski definition) is 1. The van der Waals surface area contributed by atoms with Crippen molar-refractivity contribution in [2.45, 2.75) is 13.8 Å². The number of nitrogens with one attached hydrogen (secondary N) is 1. The molecule has 0 aliphatic heterocycles. The molecule has 0 bridgehead atoms. The minimum absolute atomic E-state index is 0.273. The molecule has 0 saturated carbocycles. The minimum atomic E-state index is -0.313. The number of carbonyl (C=O) groups excluding carboxylic acids is 1. The first-order chi connectivity index (χ1) is 12.6. The monoisotopic (exact) mass is 352 g/mol. The average Bonchev–Trinajstić information content (AvgIpc) is 3.05. The lowest BCUT2D eigenvalue weighted by atomic mass is 10.2. The Labute approximate surface area is 151 Å². The van der Waals surface area contributed by atoms with Crippen molar-refractivity contribution < 1.29 is 14.3 Å². The molecule has 1 amide bonds. The van der Waals surface area contributed by atoms with E-state index < -0.39 is 0 Å². The number of nitrogens with zero attached hydrogens (tertiary/aromatic N) is 3. The van der Waals surface area contributed by atoms with E-state index in [0.717, 1.165) is 17.2 Å². The third-order valence-electron chi connectivity index (χ3n) is 3.85. The maximum Gasteiger partial charge on any atom is 0.278 e. The van der Waals surface area contributed by atoms with Gasteiger partial charge in [0.25, 0.3) is 5.91 Å². The molecule has 0 atom stereocenters. The van der Waals surface area contributed by atoms with Crippen LogP contribution in [0.1, 0.15) is 23.1 Å². The highest BCUT2D eigenvalue weighted by Gasteiger charge is 2.17. The van der Waals surface area contributed by atoms with Crippen LogP contribution in [-0.4, -0.2) is 34.6 Å². The van der Waals surface area contributed by atoms with E-state index in [0.29, 0.717) is 18.0 Å². The lowest BCUT2D eigenvalue weighted by Crippen LogP contribution is -2.14. The third kappa shape index (κ3) is 3.66. The van der Waals surface area contributed by atoms with Gasteiger partial charge in [0, 0.05) is 5.69 Å². The predicted octanol–water partition coefficient (Wildman–Crippen LogP) is 3.24. The SMILES string of the molecule is CCOc1ccc(NC(=O)c2nnn(-c3ccc(OC)cc3)c2C)cc1. The number of rotatable bonds is 6. The fourth-order valence-electron chi connectivity index (χ4n) is 2.50. The molecule has 7 nitrogen and oxygen atoms in total. The van der Waals surface area contributed by atoms with Crippen molar-refractivity contribution in [2.24, 2.45) is 0 Å². The zero-order valence-electron chi connectivity index (χ0n) is 14.9. The molecule has 0 unspecified atom stereocenters. The van der Waals surface area contributed by atoms with Crippen LogP contribution in [0, 0.1) is 6.92 Å². The Morgan fingerprint density at radius 2 is 1.73 bits per heavy atom. The van der Waals surface area contributed by atoms with Gasteiger partial charge >= 0.3 is 0 Å². The Bertz CT molecular complexity index is 886. The number of hydrogen-bond acceptors (Lipinski definition) is 5. The van der Waals surface area contributed by atoms with Crippen LogP contribution >= 0.6 is 0 Å². The number of carbonyl (C=O) groups is 1. The quantitative estimate of drug-likeness (QED) is 0.737. The molecular weight excluding hydrogens is 332 g/mol. The highest BCUT2D eigenvalue weighted by Crippen LogP contribution is 2.19. The second-order valence-electron chi connectivity index (χ2n) is 5.54. The van der Waals surface area contributed by atoms with Crippen molar-refractivity contribution in [2.75, 3.05) is 19.0 Å². The van der Waals surface area contributed by atoms with Gasteiger partial charge in [-0.3, -0.25) is 4.79 Å². The number of aromatic nitrogens is 3. The first-order valence-electron chi connectivity index (χ1n) is 8.23. The van der Waals surface area contributed by atoms with Crippen LogP contribution < -0.4 is 14.8 Å². The van der Waals surface area contributed by atoms with E-state index in [2.05, 4.69) is 15.6 Å². The summed E-state index contributed by atoms with van der Waals surface area (Å²) in [5.41, 5.74) is 2.39. The van der Waals surface area contributed by atoms with Gasteiger partial charge in [-0.15, -0.1) is 5.10 Å². The number of anilines is 1. The highest BCUT2D eigenvalue weighted by atomic mass is 16.5. The van der Waals surface area contributed by atoms with Crippen LogP contribution in [0.15, 0.2) is 48.5 Å². The minimum Gasteiger partial charge on any atom is -0.497 e. The van der Waals surface area contributed by atoms with E-state index in [1.165, 1.54) is 0 Å². The zero-order valence-corrected chi connectivity index (χ0v) is 14.9. The highest BCUT2D eigenvalue weighted by molar-refractivity contribution is 6.03. The van der Waals surface area contributed by atoms with Crippen molar-refractivity contribution in [3.63, 3.8) is 0 Å². The second kappa shape index (κ2) is 7.69. The molecule has 0 saturated heterocycles. The molecule has 7 heteroatoms. The summed E-state index contributed by atoms with van der Waals surface area (Å²) >= 11 is 0. The molecule has 1 N–H and O–H groups in total. The van der Waals surface area contributed by atoms with Crippen LogP contribution in [0.25, 0.3) is 5.69 Å². The van der Waals surface area contributed by atoms with E-state index in [-0.39, 0.29) is 11.6 Å². The maximum absolute atomic E-state index is 12.5. The summed E-state index contributed by atoms with van der Waals surface area (Å²) in [6.07, 6.45) is 0. The molecule has 2 aromatic carbocycles. The standard InChI is InChI=1S/C19H20N4O3/c1-4-26-17-9-5-14(6-10-17)20-19(24)18-13(2)23(22-21-18)15-7-11-16(25-3)12-8-15/h5-12H,4H2,1-3H3,(H,20,24). The number of methoxy groups -OCH3 is 1. The Hall–Kier alpha value is -3.35. The Balaban J connectivity index is 1.76. The summed E-state index contributed by atoms with van der Waals surface area (Å²) in [7, 11) is 1.61. The van der Waals surface area contributed by atoms with Crippen LogP contribution in [0.2, 0.25) is 0 Å². The van der Waals surface area contributed by atoms with Gasteiger partial charge < -0.3 is 14.8 Å². The molecule has 0 spiro atoms.